The Balaban J connectivity index is 1.95. The van der Waals surface area contributed by atoms with E-state index in [1.54, 1.807) is 12.3 Å². The first-order valence-corrected chi connectivity index (χ1v) is 8.58. The molecule has 0 unspecified atom stereocenters. The van der Waals surface area contributed by atoms with Crippen LogP contribution in [0.2, 0.25) is 0 Å². The zero-order valence-electron chi connectivity index (χ0n) is 17.1. The van der Waals surface area contributed by atoms with Crippen LogP contribution in [0.1, 0.15) is 34.6 Å². The Morgan fingerprint density at radius 2 is 1.72 bits per heavy atom. The number of furan rings is 1. The third-order valence-corrected chi connectivity index (χ3v) is 4.28. The highest BCUT2D eigenvalue weighted by molar-refractivity contribution is 6.09. The van der Waals surface area contributed by atoms with E-state index in [2.05, 4.69) is 17.1 Å². The monoisotopic (exact) mass is 331 g/mol. The van der Waals surface area contributed by atoms with Gasteiger partial charge in [0, 0.05) is 25.3 Å². The second kappa shape index (κ2) is 5.73. The molecule has 0 aliphatic carbocycles. The van der Waals surface area contributed by atoms with Crippen molar-refractivity contribution in [3.63, 3.8) is 0 Å². The minimum atomic E-state index is -1.47. The molecule has 126 valence electrons. The standard InChI is InChI=1S/C23H23NO/c1-15-7-5-8-17-18-9-6-10-19(22(18)25-21(15)17)20-13-16(11-12-24-20)14-23(2,3)4/h5-13H,14H2,1-4H3/i14D2. The molecule has 0 aliphatic rings. The zero-order valence-corrected chi connectivity index (χ0v) is 15.1. The number of pyridine rings is 1. The highest BCUT2D eigenvalue weighted by Gasteiger charge is 2.16. The summed E-state index contributed by atoms with van der Waals surface area (Å²) in [6, 6.07) is 15.8. The summed E-state index contributed by atoms with van der Waals surface area (Å²) in [7, 11) is 0. The molecule has 0 radical (unpaired) electrons. The van der Waals surface area contributed by atoms with Crippen LogP contribution in [0.25, 0.3) is 33.2 Å². The fraction of sp³-hybridized carbons (Fsp3) is 0.261. The van der Waals surface area contributed by atoms with Gasteiger partial charge >= 0.3 is 0 Å². The van der Waals surface area contributed by atoms with Crippen LogP contribution in [-0.2, 0) is 6.37 Å². The first kappa shape index (κ1) is 13.7. The quantitative estimate of drug-likeness (QED) is 0.416. The van der Waals surface area contributed by atoms with Crippen molar-refractivity contribution in [2.75, 3.05) is 0 Å². The van der Waals surface area contributed by atoms with E-state index in [9.17, 15) is 0 Å². The van der Waals surface area contributed by atoms with Crippen molar-refractivity contribution < 1.29 is 7.16 Å². The van der Waals surface area contributed by atoms with Crippen LogP contribution in [0.4, 0.5) is 0 Å². The van der Waals surface area contributed by atoms with Gasteiger partial charge in [-0.1, -0.05) is 51.1 Å². The largest absolute Gasteiger partial charge is 0.455 e. The van der Waals surface area contributed by atoms with Crippen molar-refractivity contribution in [2.45, 2.75) is 34.1 Å². The van der Waals surface area contributed by atoms with E-state index in [0.717, 1.165) is 38.8 Å². The average molecular weight is 331 g/mol. The normalized spacial score (nSPS) is 13.9. The van der Waals surface area contributed by atoms with E-state index in [4.69, 9.17) is 7.16 Å². The second-order valence-corrected chi connectivity index (χ2v) is 7.54. The lowest BCUT2D eigenvalue weighted by molar-refractivity contribution is 0.411. The van der Waals surface area contributed by atoms with Gasteiger partial charge in [0.25, 0.3) is 0 Å². The maximum atomic E-state index is 8.57. The maximum Gasteiger partial charge on any atom is 0.144 e. The molecule has 2 aromatic heterocycles. The molecule has 4 rings (SSSR count). The van der Waals surface area contributed by atoms with Gasteiger partial charge in [-0.25, -0.2) is 0 Å². The molecule has 0 N–H and O–H groups in total. The second-order valence-electron chi connectivity index (χ2n) is 7.54. The summed E-state index contributed by atoms with van der Waals surface area (Å²) >= 11 is 0. The highest BCUT2D eigenvalue weighted by atomic mass is 16.3. The van der Waals surface area contributed by atoms with Crippen molar-refractivity contribution in [3.8, 4) is 11.3 Å². The van der Waals surface area contributed by atoms with Crippen molar-refractivity contribution in [3.05, 3.63) is 65.9 Å². The number of hydrogen-bond acceptors (Lipinski definition) is 2. The lowest BCUT2D eigenvalue weighted by Gasteiger charge is -2.18. The van der Waals surface area contributed by atoms with Gasteiger partial charge in [0.1, 0.15) is 11.2 Å². The van der Waals surface area contributed by atoms with Gasteiger partial charge in [0.05, 0.1) is 5.69 Å². The van der Waals surface area contributed by atoms with Crippen molar-refractivity contribution in [1.82, 2.24) is 4.98 Å². The van der Waals surface area contributed by atoms with Gasteiger partial charge in [-0.2, -0.15) is 0 Å². The minimum Gasteiger partial charge on any atom is -0.455 e. The molecule has 0 amide bonds. The van der Waals surface area contributed by atoms with Crippen LogP contribution in [0.3, 0.4) is 0 Å². The summed E-state index contributed by atoms with van der Waals surface area (Å²) in [5.74, 6) is 0. The number of aryl methyl sites for hydroxylation is 1. The summed E-state index contributed by atoms with van der Waals surface area (Å²) in [5, 5.41) is 2.14. The molecule has 0 bridgehead atoms. The van der Waals surface area contributed by atoms with Gasteiger partial charge in [-0.15, -0.1) is 0 Å². The highest BCUT2D eigenvalue weighted by Crippen LogP contribution is 2.36. The third-order valence-electron chi connectivity index (χ3n) is 4.28. The number of fused-ring (bicyclic) bond motifs is 3. The number of para-hydroxylation sites is 2. The van der Waals surface area contributed by atoms with Crippen molar-refractivity contribution in [1.29, 1.82) is 0 Å². The van der Waals surface area contributed by atoms with Crippen LogP contribution in [-0.4, -0.2) is 4.98 Å². The Bertz CT molecular complexity index is 1150. The Kier molecular flexibility index (Phi) is 3.13. The lowest BCUT2D eigenvalue weighted by Crippen LogP contribution is -2.09. The Hall–Kier alpha value is -2.61. The SMILES string of the molecule is [2H]C([2H])(c1ccnc(-c2cccc3c2oc2c(C)cccc23)c1)C(C)(C)C. The van der Waals surface area contributed by atoms with E-state index in [0.29, 0.717) is 5.56 Å². The molecule has 0 atom stereocenters. The predicted octanol–water partition coefficient (Wildman–Crippen LogP) is 6.55. The molecule has 0 spiro atoms. The summed E-state index contributed by atoms with van der Waals surface area (Å²) in [6.45, 7) is 7.78. The van der Waals surface area contributed by atoms with E-state index in [-0.39, 0.29) is 0 Å². The predicted molar refractivity (Wildman–Crippen MR) is 105 cm³/mol. The Morgan fingerprint density at radius 1 is 1.00 bits per heavy atom. The number of aromatic nitrogens is 1. The molecule has 4 aromatic rings. The summed E-state index contributed by atoms with van der Waals surface area (Å²) in [5.41, 5.74) is 4.50. The van der Waals surface area contributed by atoms with E-state index < -0.39 is 11.8 Å². The molecule has 25 heavy (non-hydrogen) atoms. The van der Waals surface area contributed by atoms with E-state index in [1.807, 2.05) is 58.0 Å². The molecule has 0 saturated heterocycles. The Labute approximate surface area is 151 Å². The first-order chi connectivity index (χ1) is 12.7. The smallest absolute Gasteiger partial charge is 0.144 e. The van der Waals surface area contributed by atoms with Gasteiger partial charge in [-0.05, 0) is 48.0 Å². The number of nitrogens with zero attached hydrogens (tertiary/aromatic N) is 1. The topological polar surface area (TPSA) is 26.0 Å². The van der Waals surface area contributed by atoms with Gasteiger partial charge < -0.3 is 4.42 Å². The zero-order chi connectivity index (χ0) is 19.4. The van der Waals surface area contributed by atoms with E-state index >= 15 is 0 Å². The van der Waals surface area contributed by atoms with Crippen molar-refractivity contribution >= 4 is 21.9 Å². The number of rotatable bonds is 2. The molecular formula is C23H23NO. The third kappa shape index (κ3) is 2.93. The fourth-order valence-corrected chi connectivity index (χ4v) is 3.25. The molecule has 2 heterocycles. The van der Waals surface area contributed by atoms with E-state index in [1.165, 1.54) is 0 Å². The van der Waals surface area contributed by atoms with Gasteiger partial charge in [0.15, 0.2) is 0 Å². The van der Waals surface area contributed by atoms with Gasteiger partial charge in [0.2, 0.25) is 0 Å². The van der Waals surface area contributed by atoms with Crippen LogP contribution < -0.4 is 0 Å². The minimum absolute atomic E-state index is 0.520. The Morgan fingerprint density at radius 3 is 2.48 bits per heavy atom. The van der Waals surface area contributed by atoms with Crippen LogP contribution in [0.15, 0.2) is 59.1 Å². The van der Waals surface area contributed by atoms with Crippen molar-refractivity contribution in [2.24, 2.45) is 5.41 Å². The molecule has 2 nitrogen and oxygen atoms in total. The molecule has 0 saturated carbocycles. The van der Waals surface area contributed by atoms with Gasteiger partial charge in [-0.3, -0.25) is 4.98 Å². The first-order valence-electron chi connectivity index (χ1n) is 9.58. The van der Waals surface area contributed by atoms with Crippen LogP contribution in [0, 0.1) is 12.3 Å². The average Bonchev–Trinajstić information content (AvgIpc) is 3.01. The molecule has 0 aliphatic heterocycles. The maximum absolute atomic E-state index is 8.57. The number of benzene rings is 2. The molecule has 2 aromatic carbocycles. The molecule has 2 heteroatoms. The van der Waals surface area contributed by atoms with Crippen LogP contribution in [0.5, 0.6) is 0 Å². The lowest BCUT2D eigenvalue weighted by atomic mass is 9.88. The summed E-state index contributed by atoms with van der Waals surface area (Å²) < 4.78 is 23.4. The fourth-order valence-electron chi connectivity index (χ4n) is 3.25. The summed E-state index contributed by atoms with van der Waals surface area (Å²) in [6.07, 6.45) is 0.212. The van der Waals surface area contributed by atoms with Crippen LogP contribution >= 0.6 is 0 Å². The molecule has 0 fully saturated rings. The summed E-state index contributed by atoms with van der Waals surface area (Å²) in [4.78, 5) is 4.52. The molecular weight excluding hydrogens is 306 g/mol. The number of hydrogen-bond donors (Lipinski definition) is 0.